The zero-order chi connectivity index (χ0) is 5.70. The highest BCUT2D eigenvalue weighted by Crippen LogP contribution is 1.84. The molecule has 0 aliphatic carbocycles. The Morgan fingerprint density at radius 3 is 2.14 bits per heavy atom. The van der Waals surface area contributed by atoms with Gasteiger partial charge in [0.25, 0.3) is 0 Å². The highest BCUT2D eigenvalue weighted by Gasteiger charge is 1.91. The van der Waals surface area contributed by atoms with Gasteiger partial charge in [-0.05, 0) is 19.5 Å². The second kappa shape index (κ2) is 4.34. The summed E-state index contributed by atoms with van der Waals surface area (Å²) in [5.41, 5.74) is 0. The van der Waals surface area contributed by atoms with Gasteiger partial charge in [-0.3, -0.25) is 0 Å². The average molecular weight is 117 g/mol. The Labute approximate surface area is 47.4 Å². The Morgan fingerprint density at radius 1 is 1.43 bits per heavy atom. The van der Waals surface area contributed by atoms with E-state index in [4.69, 9.17) is 4.43 Å². The van der Waals surface area contributed by atoms with Crippen LogP contribution in [0.2, 0.25) is 13.1 Å². The highest BCUT2D eigenvalue weighted by atomic mass is 28.3. The monoisotopic (exact) mass is 117 g/mol. The molecule has 0 atom stereocenters. The first-order chi connectivity index (χ1) is 3.27. The van der Waals surface area contributed by atoms with Crippen molar-refractivity contribution < 1.29 is 4.43 Å². The molecule has 0 N–H and O–H groups in total. The van der Waals surface area contributed by atoms with Gasteiger partial charge < -0.3 is 4.43 Å². The topological polar surface area (TPSA) is 9.23 Å². The lowest BCUT2D eigenvalue weighted by Gasteiger charge is -2.00. The van der Waals surface area contributed by atoms with E-state index in [9.17, 15) is 0 Å². The van der Waals surface area contributed by atoms with Crippen LogP contribution in [-0.2, 0) is 4.43 Å². The van der Waals surface area contributed by atoms with Crippen LogP contribution < -0.4 is 0 Å². The van der Waals surface area contributed by atoms with Crippen LogP contribution in [0.1, 0.15) is 13.3 Å². The predicted molar refractivity (Wildman–Crippen MR) is 33.7 cm³/mol. The van der Waals surface area contributed by atoms with Crippen molar-refractivity contribution in [3.8, 4) is 0 Å². The quantitative estimate of drug-likeness (QED) is 0.511. The second-order valence-corrected chi connectivity index (χ2v) is 3.86. The number of hydrogen-bond acceptors (Lipinski definition) is 1. The highest BCUT2D eigenvalue weighted by molar-refractivity contribution is 6.48. The Morgan fingerprint density at radius 2 is 2.00 bits per heavy atom. The van der Waals surface area contributed by atoms with Crippen LogP contribution in [0.5, 0.6) is 0 Å². The molecule has 0 amide bonds. The van der Waals surface area contributed by atoms with Gasteiger partial charge in [0.2, 0.25) is 9.04 Å². The fourth-order valence-electron chi connectivity index (χ4n) is 0.306. The second-order valence-electron chi connectivity index (χ2n) is 1.76. The molecule has 0 bridgehead atoms. The largest absolute Gasteiger partial charge is 0.417 e. The summed E-state index contributed by atoms with van der Waals surface area (Å²) in [6.07, 6.45) is 1.15. The van der Waals surface area contributed by atoms with Gasteiger partial charge >= 0.3 is 0 Å². The van der Waals surface area contributed by atoms with Gasteiger partial charge in [-0.15, -0.1) is 0 Å². The van der Waals surface area contributed by atoms with E-state index in [2.05, 4.69) is 20.0 Å². The first-order valence-corrected chi connectivity index (χ1v) is 5.11. The van der Waals surface area contributed by atoms with Crippen molar-refractivity contribution in [2.75, 3.05) is 6.61 Å². The molecule has 0 aromatic heterocycles. The summed E-state index contributed by atoms with van der Waals surface area (Å²) >= 11 is 0. The fraction of sp³-hybridized carbons (Fsp3) is 1.00. The fourth-order valence-corrected chi connectivity index (χ4v) is 0.919. The SMILES string of the molecule is CCCO[Si](C)C. The van der Waals surface area contributed by atoms with E-state index in [0.29, 0.717) is 0 Å². The zero-order valence-corrected chi connectivity index (χ0v) is 6.32. The third-order valence-corrected chi connectivity index (χ3v) is 1.38. The van der Waals surface area contributed by atoms with Gasteiger partial charge in [-0.2, -0.15) is 0 Å². The van der Waals surface area contributed by atoms with Crippen LogP contribution in [0.3, 0.4) is 0 Å². The molecule has 1 radical (unpaired) electrons. The van der Waals surface area contributed by atoms with E-state index in [1.165, 1.54) is 0 Å². The van der Waals surface area contributed by atoms with Crippen molar-refractivity contribution in [1.29, 1.82) is 0 Å². The molecule has 0 saturated heterocycles. The standard InChI is InChI=1S/C5H13OSi/c1-4-5-6-7(2)3/h4-5H2,1-3H3. The third-order valence-electron chi connectivity index (χ3n) is 0.595. The molecule has 0 rings (SSSR count). The minimum Gasteiger partial charge on any atom is -0.417 e. The van der Waals surface area contributed by atoms with Crippen LogP contribution in [0, 0.1) is 0 Å². The third kappa shape index (κ3) is 6.18. The van der Waals surface area contributed by atoms with Crippen molar-refractivity contribution in [2.24, 2.45) is 0 Å². The molecule has 0 heterocycles. The molecule has 0 aliphatic rings. The van der Waals surface area contributed by atoms with Gasteiger partial charge in [0.15, 0.2) is 0 Å². The van der Waals surface area contributed by atoms with Crippen molar-refractivity contribution in [2.45, 2.75) is 26.4 Å². The molecular formula is C5H13OSi. The summed E-state index contributed by atoms with van der Waals surface area (Å²) in [7, 11) is -0.397. The Hall–Kier alpha value is 0.177. The Balaban J connectivity index is 2.68. The van der Waals surface area contributed by atoms with Gasteiger partial charge in [0, 0.05) is 6.61 Å². The molecule has 7 heavy (non-hydrogen) atoms. The van der Waals surface area contributed by atoms with Crippen molar-refractivity contribution in [1.82, 2.24) is 0 Å². The summed E-state index contributed by atoms with van der Waals surface area (Å²) in [6.45, 7) is 7.38. The molecule has 43 valence electrons. The lowest BCUT2D eigenvalue weighted by atomic mass is 10.5. The number of hydrogen-bond donors (Lipinski definition) is 0. The van der Waals surface area contributed by atoms with E-state index >= 15 is 0 Å². The van der Waals surface area contributed by atoms with Gasteiger partial charge in [0.1, 0.15) is 0 Å². The average Bonchev–Trinajstić information content (AvgIpc) is 1.61. The van der Waals surface area contributed by atoms with Crippen LogP contribution in [0.4, 0.5) is 0 Å². The van der Waals surface area contributed by atoms with Crippen molar-refractivity contribution in [3.63, 3.8) is 0 Å². The van der Waals surface area contributed by atoms with Crippen LogP contribution >= 0.6 is 0 Å². The molecule has 0 aromatic rings. The van der Waals surface area contributed by atoms with E-state index in [-0.39, 0.29) is 0 Å². The summed E-state index contributed by atoms with van der Waals surface area (Å²) < 4.78 is 5.29. The maximum atomic E-state index is 5.29. The predicted octanol–water partition coefficient (Wildman–Crippen LogP) is 1.66. The van der Waals surface area contributed by atoms with Crippen LogP contribution in [-0.4, -0.2) is 15.6 Å². The smallest absolute Gasteiger partial charge is 0.204 e. The van der Waals surface area contributed by atoms with Crippen molar-refractivity contribution in [3.05, 3.63) is 0 Å². The lowest BCUT2D eigenvalue weighted by molar-refractivity contribution is 0.326. The van der Waals surface area contributed by atoms with Gasteiger partial charge in [0.05, 0.1) is 0 Å². The molecular weight excluding hydrogens is 104 g/mol. The summed E-state index contributed by atoms with van der Waals surface area (Å²) in [6, 6.07) is 0. The van der Waals surface area contributed by atoms with Gasteiger partial charge in [-0.1, -0.05) is 6.92 Å². The normalized spacial score (nSPS) is 10.3. The minimum atomic E-state index is -0.397. The van der Waals surface area contributed by atoms with E-state index < -0.39 is 9.04 Å². The molecule has 0 spiro atoms. The van der Waals surface area contributed by atoms with E-state index in [1.54, 1.807) is 0 Å². The molecule has 1 nitrogen and oxygen atoms in total. The maximum absolute atomic E-state index is 5.29. The first-order valence-electron chi connectivity index (χ1n) is 2.70. The van der Waals surface area contributed by atoms with Crippen LogP contribution in [0.25, 0.3) is 0 Å². The van der Waals surface area contributed by atoms with Gasteiger partial charge in [-0.25, -0.2) is 0 Å². The first kappa shape index (κ1) is 7.18. The maximum Gasteiger partial charge on any atom is 0.204 e. The van der Waals surface area contributed by atoms with E-state index in [1.807, 2.05) is 0 Å². The molecule has 0 aromatic carbocycles. The minimum absolute atomic E-state index is 0.397. The zero-order valence-electron chi connectivity index (χ0n) is 5.32. The van der Waals surface area contributed by atoms with Crippen LogP contribution in [0.15, 0.2) is 0 Å². The molecule has 0 aliphatic heterocycles. The Kier molecular flexibility index (Phi) is 4.45. The lowest BCUT2D eigenvalue weighted by Crippen LogP contribution is -2.07. The number of rotatable bonds is 3. The summed E-state index contributed by atoms with van der Waals surface area (Å²) in [5.74, 6) is 0. The molecule has 0 saturated carbocycles. The molecule has 2 heteroatoms. The molecule has 0 fully saturated rings. The Bertz CT molecular complexity index is 37.1. The summed E-state index contributed by atoms with van der Waals surface area (Å²) in [4.78, 5) is 0. The van der Waals surface area contributed by atoms with Crippen molar-refractivity contribution >= 4 is 9.04 Å². The summed E-state index contributed by atoms with van der Waals surface area (Å²) in [5, 5.41) is 0. The molecule has 0 unspecified atom stereocenters. The van der Waals surface area contributed by atoms with E-state index in [0.717, 1.165) is 13.0 Å².